The van der Waals surface area contributed by atoms with Gasteiger partial charge in [-0.15, -0.1) is 0 Å². The highest BCUT2D eigenvalue weighted by Gasteiger charge is 2.09. The van der Waals surface area contributed by atoms with Crippen LogP contribution in [0.1, 0.15) is 0 Å². The van der Waals surface area contributed by atoms with Crippen LogP contribution in [0.5, 0.6) is 5.75 Å². The van der Waals surface area contributed by atoms with Crippen molar-refractivity contribution in [2.75, 3.05) is 11.9 Å². The summed E-state index contributed by atoms with van der Waals surface area (Å²) < 4.78 is 20.9. The molecule has 2 aromatic carbocycles. The molecular weight excluding hydrogens is 319 g/mol. The second-order valence-corrected chi connectivity index (χ2v) is 5.87. The van der Waals surface area contributed by atoms with E-state index >= 15 is 0 Å². The third kappa shape index (κ3) is 3.24. The number of aryl methyl sites for hydroxylation is 1. The van der Waals surface area contributed by atoms with Crippen molar-refractivity contribution in [3.05, 3.63) is 57.9 Å². The van der Waals surface area contributed by atoms with Crippen molar-refractivity contribution in [1.82, 2.24) is 4.57 Å². The number of amides is 1. The Morgan fingerprint density at radius 2 is 2.09 bits per heavy atom. The zero-order chi connectivity index (χ0) is 16.4. The number of hydrogen-bond acceptors (Lipinski definition) is 4. The van der Waals surface area contributed by atoms with Crippen LogP contribution in [0.4, 0.5) is 10.1 Å². The largest absolute Gasteiger partial charge is 0.481 e. The number of aromatic nitrogens is 1. The Hall–Kier alpha value is -2.67. The molecule has 0 atom stereocenters. The molecular formula is C16H13FN2O3S. The first kappa shape index (κ1) is 15.2. The minimum absolute atomic E-state index is 0.0272. The molecule has 0 saturated carbocycles. The fraction of sp³-hybridized carbons (Fsp3) is 0.125. The van der Waals surface area contributed by atoms with Crippen LogP contribution in [0.25, 0.3) is 10.2 Å². The van der Waals surface area contributed by atoms with Crippen LogP contribution in [0, 0.1) is 5.82 Å². The zero-order valence-electron chi connectivity index (χ0n) is 12.2. The van der Waals surface area contributed by atoms with Crippen LogP contribution < -0.4 is 14.9 Å². The number of nitrogens with one attached hydrogen (secondary N) is 1. The van der Waals surface area contributed by atoms with E-state index in [1.165, 1.54) is 12.1 Å². The summed E-state index contributed by atoms with van der Waals surface area (Å²) in [7, 11) is 1.70. The molecule has 0 aliphatic carbocycles. The molecule has 0 aliphatic heterocycles. The SMILES string of the molecule is Cn1c(=O)sc2cc(NC(=O)COc3ccccc3F)ccc21. The third-order valence-electron chi connectivity index (χ3n) is 3.27. The van der Waals surface area contributed by atoms with E-state index in [0.29, 0.717) is 5.69 Å². The average molecular weight is 332 g/mol. The lowest BCUT2D eigenvalue weighted by Gasteiger charge is -2.08. The van der Waals surface area contributed by atoms with E-state index in [2.05, 4.69) is 5.32 Å². The van der Waals surface area contributed by atoms with Gasteiger partial charge in [-0.25, -0.2) is 4.39 Å². The number of anilines is 1. The van der Waals surface area contributed by atoms with Crippen molar-refractivity contribution in [3.8, 4) is 5.75 Å². The first-order valence-electron chi connectivity index (χ1n) is 6.81. The minimum atomic E-state index is -0.518. The number of rotatable bonds is 4. The highest BCUT2D eigenvalue weighted by Crippen LogP contribution is 2.21. The Kier molecular flexibility index (Phi) is 4.12. The van der Waals surface area contributed by atoms with Gasteiger partial charge in [0.25, 0.3) is 5.91 Å². The maximum absolute atomic E-state index is 13.4. The van der Waals surface area contributed by atoms with Gasteiger partial charge in [-0.1, -0.05) is 23.5 Å². The van der Waals surface area contributed by atoms with Crippen LogP contribution in [0.15, 0.2) is 47.3 Å². The van der Waals surface area contributed by atoms with Crippen molar-refractivity contribution in [3.63, 3.8) is 0 Å². The smallest absolute Gasteiger partial charge is 0.307 e. The highest BCUT2D eigenvalue weighted by atomic mass is 32.1. The first-order chi connectivity index (χ1) is 11.0. The number of benzene rings is 2. The fourth-order valence-corrected chi connectivity index (χ4v) is 3.03. The molecule has 7 heteroatoms. The number of para-hydroxylation sites is 1. The number of carbonyl (C=O) groups excluding carboxylic acids is 1. The van der Waals surface area contributed by atoms with Crippen molar-refractivity contribution in [1.29, 1.82) is 0 Å². The summed E-state index contributed by atoms with van der Waals surface area (Å²) in [6.45, 7) is -0.302. The van der Waals surface area contributed by atoms with Crippen LogP contribution in [-0.4, -0.2) is 17.1 Å². The third-order valence-corrected chi connectivity index (χ3v) is 4.27. The fourth-order valence-electron chi connectivity index (χ4n) is 2.11. The van der Waals surface area contributed by atoms with E-state index in [1.807, 2.05) is 0 Å². The molecule has 0 spiro atoms. The number of carbonyl (C=O) groups is 1. The van der Waals surface area contributed by atoms with Crippen LogP contribution in [0.3, 0.4) is 0 Å². The maximum atomic E-state index is 13.4. The molecule has 0 aliphatic rings. The van der Waals surface area contributed by atoms with Crippen molar-refractivity contribution in [2.24, 2.45) is 7.05 Å². The molecule has 1 aromatic heterocycles. The second kappa shape index (κ2) is 6.21. The summed E-state index contributed by atoms with van der Waals surface area (Å²) in [6, 6.07) is 11.1. The molecule has 0 unspecified atom stereocenters. The highest BCUT2D eigenvalue weighted by molar-refractivity contribution is 7.16. The monoisotopic (exact) mass is 332 g/mol. The molecule has 1 N–H and O–H groups in total. The Morgan fingerprint density at radius 3 is 2.87 bits per heavy atom. The molecule has 0 bridgehead atoms. The maximum Gasteiger partial charge on any atom is 0.307 e. The zero-order valence-corrected chi connectivity index (χ0v) is 13.0. The number of thiazole rings is 1. The summed E-state index contributed by atoms with van der Waals surface area (Å²) >= 11 is 1.11. The summed E-state index contributed by atoms with van der Waals surface area (Å²) in [5.41, 5.74) is 1.36. The van der Waals surface area contributed by atoms with Gasteiger partial charge in [-0.2, -0.15) is 0 Å². The van der Waals surface area contributed by atoms with Crippen molar-refractivity contribution in [2.45, 2.75) is 0 Å². The van der Waals surface area contributed by atoms with Crippen LogP contribution in [0.2, 0.25) is 0 Å². The molecule has 1 amide bonds. The molecule has 23 heavy (non-hydrogen) atoms. The van der Waals surface area contributed by atoms with Gasteiger partial charge < -0.3 is 14.6 Å². The van der Waals surface area contributed by atoms with Gasteiger partial charge in [0.05, 0.1) is 10.2 Å². The molecule has 5 nitrogen and oxygen atoms in total. The predicted molar refractivity (Wildman–Crippen MR) is 87.6 cm³/mol. The van der Waals surface area contributed by atoms with Gasteiger partial charge >= 0.3 is 4.87 Å². The molecule has 0 saturated heterocycles. The number of fused-ring (bicyclic) bond motifs is 1. The van der Waals surface area contributed by atoms with Gasteiger partial charge in [0, 0.05) is 12.7 Å². The number of ether oxygens (including phenoxy) is 1. The van der Waals surface area contributed by atoms with E-state index in [4.69, 9.17) is 4.74 Å². The number of halogens is 1. The van der Waals surface area contributed by atoms with Gasteiger partial charge in [0.15, 0.2) is 18.2 Å². The van der Waals surface area contributed by atoms with Gasteiger partial charge in [-0.3, -0.25) is 9.59 Å². The molecule has 118 valence electrons. The first-order valence-corrected chi connectivity index (χ1v) is 7.63. The van der Waals surface area contributed by atoms with Crippen LogP contribution in [-0.2, 0) is 11.8 Å². The second-order valence-electron chi connectivity index (χ2n) is 4.88. The molecule has 1 heterocycles. The Bertz CT molecular complexity index is 932. The lowest BCUT2D eigenvalue weighted by molar-refractivity contribution is -0.118. The standard InChI is InChI=1S/C16H13FN2O3S/c1-19-12-7-6-10(8-14(12)23-16(19)21)18-15(20)9-22-13-5-3-2-4-11(13)17/h2-8H,9H2,1H3,(H,18,20). The summed E-state index contributed by atoms with van der Waals surface area (Å²) in [5, 5.41) is 2.66. The molecule has 3 aromatic rings. The minimum Gasteiger partial charge on any atom is -0.481 e. The van der Waals surface area contributed by atoms with E-state index in [-0.39, 0.29) is 17.2 Å². The number of hydrogen-bond donors (Lipinski definition) is 1. The lowest BCUT2D eigenvalue weighted by atomic mass is 10.3. The van der Waals surface area contributed by atoms with E-state index in [9.17, 15) is 14.0 Å². The summed E-state index contributed by atoms with van der Waals surface area (Å²) in [4.78, 5) is 23.4. The Morgan fingerprint density at radius 1 is 1.30 bits per heavy atom. The van der Waals surface area contributed by atoms with E-state index < -0.39 is 11.7 Å². The average Bonchev–Trinajstić information content (AvgIpc) is 2.81. The van der Waals surface area contributed by atoms with Crippen LogP contribution >= 0.6 is 11.3 Å². The molecule has 3 rings (SSSR count). The van der Waals surface area contributed by atoms with Gasteiger partial charge in [-0.05, 0) is 30.3 Å². The predicted octanol–water partition coefficient (Wildman–Crippen LogP) is 2.76. The summed E-state index contributed by atoms with van der Waals surface area (Å²) in [5.74, 6) is -0.897. The summed E-state index contributed by atoms with van der Waals surface area (Å²) in [6.07, 6.45) is 0. The quantitative estimate of drug-likeness (QED) is 0.799. The van der Waals surface area contributed by atoms with Crippen molar-refractivity contribution >= 4 is 33.1 Å². The van der Waals surface area contributed by atoms with Gasteiger partial charge in [0.1, 0.15) is 0 Å². The van der Waals surface area contributed by atoms with Gasteiger partial charge in [0.2, 0.25) is 0 Å². The Labute approximate surface area is 134 Å². The van der Waals surface area contributed by atoms with E-state index in [0.717, 1.165) is 21.6 Å². The Balaban J connectivity index is 1.68. The molecule has 0 fully saturated rings. The molecule has 0 radical (unpaired) electrons. The lowest BCUT2D eigenvalue weighted by Crippen LogP contribution is -2.20. The van der Waals surface area contributed by atoms with E-state index in [1.54, 1.807) is 41.9 Å². The van der Waals surface area contributed by atoms with Crippen molar-refractivity contribution < 1.29 is 13.9 Å². The topological polar surface area (TPSA) is 60.3 Å². The normalized spacial score (nSPS) is 10.7. The number of nitrogens with zero attached hydrogens (tertiary/aromatic N) is 1.